The van der Waals surface area contributed by atoms with Gasteiger partial charge in [-0.15, -0.1) is 0 Å². The third-order valence-electron chi connectivity index (χ3n) is 1.31. The van der Waals surface area contributed by atoms with Gasteiger partial charge in [-0.25, -0.2) is 4.39 Å². The van der Waals surface area contributed by atoms with Crippen LogP contribution in [0.15, 0.2) is 12.4 Å². The van der Waals surface area contributed by atoms with E-state index in [1.807, 2.05) is 13.6 Å². The van der Waals surface area contributed by atoms with Gasteiger partial charge in [0.2, 0.25) is 0 Å². The van der Waals surface area contributed by atoms with Crippen LogP contribution in [-0.4, -0.2) is 16.6 Å². The number of rotatable bonds is 2. The van der Waals surface area contributed by atoms with Crippen molar-refractivity contribution in [1.29, 1.82) is 0 Å². The maximum atomic E-state index is 12.9. The Morgan fingerprint density at radius 1 is 1.45 bits per heavy atom. The van der Waals surface area contributed by atoms with Gasteiger partial charge in [0.05, 0.1) is 17.6 Å². The molecule has 0 aliphatic carbocycles. The first-order valence-electron chi connectivity index (χ1n) is 3.34. The predicted molar refractivity (Wildman–Crippen MR) is 44.9 cm³/mol. The largest absolute Gasteiger partial charge is 0.258 e. The van der Waals surface area contributed by atoms with Crippen LogP contribution in [0.4, 0.5) is 4.39 Å². The Kier molecular flexibility index (Phi) is 2.89. The first-order chi connectivity index (χ1) is 5.24. The Balaban J connectivity index is 2.81. The molecule has 0 aliphatic heterocycles. The molecule has 1 aromatic heterocycles. The van der Waals surface area contributed by atoms with Crippen molar-refractivity contribution in [2.24, 2.45) is 0 Å². The molecule has 0 saturated carbocycles. The second-order valence-electron chi connectivity index (χ2n) is 2.23. The molecule has 1 rings (SSSR count). The average molecular weight is 172 g/mol. The normalized spacial score (nSPS) is 14.1. The highest BCUT2D eigenvalue weighted by atomic mass is 31.1. The fraction of sp³-hybridized carbons (Fsp3) is 0.429. The summed E-state index contributed by atoms with van der Waals surface area (Å²) in [7, 11) is 0.237. The van der Waals surface area contributed by atoms with Crippen LogP contribution >= 0.6 is 8.58 Å². The first kappa shape index (κ1) is 8.54. The number of nitrogens with zero attached hydrogens (tertiary/aromatic N) is 2. The Hall–Kier alpha value is -0.560. The Morgan fingerprint density at radius 3 is 2.64 bits per heavy atom. The molecule has 0 aliphatic rings. The molecular weight excluding hydrogens is 162 g/mol. The quantitative estimate of drug-likeness (QED) is 0.638. The molecule has 2 nitrogen and oxygen atoms in total. The third-order valence-corrected chi connectivity index (χ3v) is 2.12. The van der Waals surface area contributed by atoms with Crippen LogP contribution in [0.3, 0.4) is 0 Å². The summed E-state index contributed by atoms with van der Waals surface area (Å²) >= 11 is 0. The second kappa shape index (κ2) is 3.72. The van der Waals surface area contributed by atoms with Crippen LogP contribution in [0.2, 0.25) is 0 Å². The maximum absolute atomic E-state index is 12.9. The van der Waals surface area contributed by atoms with Crippen molar-refractivity contribution in [3.8, 4) is 0 Å². The zero-order chi connectivity index (χ0) is 8.27. The van der Waals surface area contributed by atoms with Crippen LogP contribution in [0.1, 0.15) is 17.3 Å². The third kappa shape index (κ3) is 2.19. The van der Waals surface area contributed by atoms with E-state index in [1.54, 1.807) is 6.20 Å². The number of alkyl halides is 1. The molecule has 4 heteroatoms. The second-order valence-corrected chi connectivity index (χ2v) is 3.32. The van der Waals surface area contributed by atoms with E-state index < -0.39 is 5.91 Å². The highest BCUT2D eigenvalue weighted by Gasteiger charge is 2.07. The van der Waals surface area contributed by atoms with Gasteiger partial charge in [-0.1, -0.05) is 8.58 Å². The van der Waals surface area contributed by atoms with E-state index in [4.69, 9.17) is 0 Å². The summed E-state index contributed by atoms with van der Waals surface area (Å²) in [5, 5.41) is 0. The average Bonchev–Trinajstić information content (AvgIpc) is 2.05. The minimum absolute atomic E-state index is 0.237. The van der Waals surface area contributed by atoms with Crippen molar-refractivity contribution < 1.29 is 4.39 Å². The summed E-state index contributed by atoms with van der Waals surface area (Å²) in [6.07, 6.45) is 3.08. The van der Waals surface area contributed by atoms with Crippen molar-refractivity contribution in [2.45, 2.75) is 12.8 Å². The molecule has 0 saturated heterocycles. The first-order valence-corrected chi connectivity index (χ1v) is 4.91. The molecule has 0 aromatic carbocycles. The number of hydrogen-bond donors (Lipinski definition) is 0. The van der Waals surface area contributed by atoms with Crippen LogP contribution < -0.4 is 0 Å². The lowest BCUT2D eigenvalue weighted by atomic mass is 10.4. The van der Waals surface area contributed by atoms with Crippen LogP contribution in [0.25, 0.3) is 0 Å². The minimum Gasteiger partial charge on any atom is -0.258 e. The van der Waals surface area contributed by atoms with E-state index in [9.17, 15) is 4.39 Å². The molecule has 2 unspecified atom stereocenters. The molecule has 60 valence electrons. The summed E-state index contributed by atoms with van der Waals surface area (Å²) in [5.41, 5.74) is 1.26. The summed E-state index contributed by atoms with van der Waals surface area (Å²) in [5.74, 6) is -0.942. The molecule has 0 amide bonds. The SMILES string of the molecule is CPC(F)c1cnc(C)cn1. The molecule has 11 heavy (non-hydrogen) atoms. The van der Waals surface area contributed by atoms with E-state index in [-0.39, 0.29) is 8.58 Å². The summed E-state index contributed by atoms with van der Waals surface area (Å²) in [4.78, 5) is 7.87. The zero-order valence-corrected chi connectivity index (χ0v) is 7.50. The topological polar surface area (TPSA) is 25.8 Å². The van der Waals surface area contributed by atoms with E-state index in [0.717, 1.165) is 5.69 Å². The van der Waals surface area contributed by atoms with Gasteiger partial charge in [0.25, 0.3) is 0 Å². The smallest absolute Gasteiger partial charge is 0.159 e. The van der Waals surface area contributed by atoms with Gasteiger partial charge in [0, 0.05) is 6.20 Å². The lowest BCUT2D eigenvalue weighted by molar-refractivity contribution is 0.455. The highest BCUT2D eigenvalue weighted by molar-refractivity contribution is 7.37. The molecule has 1 aromatic rings. The van der Waals surface area contributed by atoms with Crippen molar-refractivity contribution >= 4 is 8.58 Å². The Morgan fingerprint density at radius 2 is 2.18 bits per heavy atom. The van der Waals surface area contributed by atoms with Gasteiger partial charge in [0.1, 0.15) is 0 Å². The van der Waals surface area contributed by atoms with Crippen molar-refractivity contribution in [3.05, 3.63) is 23.8 Å². The van der Waals surface area contributed by atoms with E-state index >= 15 is 0 Å². The van der Waals surface area contributed by atoms with Crippen LogP contribution in [0.5, 0.6) is 0 Å². The minimum atomic E-state index is -0.942. The van der Waals surface area contributed by atoms with Crippen molar-refractivity contribution in [1.82, 2.24) is 9.97 Å². The van der Waals surface area contributed by atoms with Crippen molar-refractivity contribution in [3.63, 3.8) is 0 Å². The van der Waals surface area contributed by atoms with Crippen LogP contribution in [0, 0.1) is 6.92 Å². The Bertz CT molecular complexity index is 224. The van der Waals surface area contributed by atoms with Crippen molar-refractivity contribution in [2.75, 3.05) is 6.66 Å². The number of halogens is 1. The standard InChI is InChI=1S/C7H10FN2P/c1-5-3-10-6(4-9-5)7(8)11-2/h3-4,7,11H,1-2H3. The van der Waals surface area contributed by atoms with Gasteiger partial charge < -0.3 is 0 Å². The molecule has 0 fully saturated rings. The summed E-state index contributed by atoms with van der Waals surface area (Å²) in [6.45, 7) is 3.64. The van der Waals surface area contributed by atoms with E-state index in [1.165, 1.54) is 6.20 Å². The van der Waals surface area contributed by atoms with E-state index in [2.05, 4.69) is 9.97 Å². The summed E-state index contributed by atoms with van der Waals surface area (Å²) < 4.78 is 12.9. The summed E-state index contributed by atoms with van der Waals surface area (Å²) in [6, 6.07) is 0. The molecule has 0 spiro atoms. The molecule has 0 N–H and O–H groups in total. The zero-order valence-electron chi connectivity index (χ0n) is 6.50. The lowest BCUT2D eigenvalue weighted by Crippen LogP contribution is -1.92. The molecule has 0 radical (unpaired) electrons. The molecular formula is C7H10FN2P. The maximum Gasteiger partial charge on any atom is 0.159 e. The fourth-order valence-corrected chi connectivity index (χ4v) is 1.13. The van der Waals surface area contributed by atoms with Gasteiger partial charge in [-0.2, -0.15) is 0 Å². The van der Waals surface area contributed by atoms with Gasteiger partial charge >= 0.3 is 0 Å². The Labute approximate surface area is 67.0 Å². The predicted octanol–water partition coefficient (Wildman–Crippen LogP) is 2.06. The molecule has 2 atom stereocenters. The highest BCUT2D eigenvalue weighted by Crippen LogP contribution is 2.30. The monoisotopic (exact) mass is 172 g/mol. The number of hydrogen-bond acceptors (Lipinski definition) is 2. The lowest BCUT2D eigenvalue weighted by Gasteiger charge is -2.02. The number of aryl methyl sites for hydroxylation is 1. The van der Waals surface area contributed by atoms with E-state index in [0.29, 0.717) is 5.69 Å². The van der Waals surface area contributed by atoms with Gasteiger partial charge in [0.15, 0.2) is 5.91 Å². The van der Waals surface area contributed by atoms with Gasteiger partial charge in [-0.3, -0.25) is 9.97 Å². The molecule has 0 bridgehead atoms. The fourth-order valence-electron chi connectivity index (χ4n) is 0.681. The molecule has 1 heterocycles. The number of aromatic nitrogens is 2. The van der Waals surface area contributed by atoms with Crippen LogP contribution in [-0.2, 0) is 0 Å². The van der Waals surface area contributed by atoms with Gasteiger partial charge in [-0.05, 0) is 13.6 Å².